The zero-order valence-corrected chi connectivity index (χ0v) is 8.36. The minimum atomic E-state index is -0.633. The molecular weight excluding hydrogens is 178 g/mol. The van der Waals surface area contributed by atoms with E-state index in [1.807, 2.05) is 38.1 Å². The molecular formula is C11H15NO2. The molecule has 0 amide bonds. The van der Waals surface area contributed by atoms with Gasteiger partial charge in [0, 0.05) is 5.41 Å². The van der Waals surface area contributed by atoms with Crippen LogP contribution < -0.4 is 5.48 Å². The van der Waals surface area contributed by atoms with Crippen molar-refractivity contribution in [2.75, 3.05) is 0 Å². The molecule has 0 heterocycles. The highest BCUT2D eigenvalue weighted by molar-refractivity contribution is 5.43. The Balaban J connectivity index is 2.55. The molecule has 0 spiro atoms. The summed E-state index contributed by atoms with van der Waals surface area (Å²) in [5.74, 6) is 0. The fourth-order valence-electron chi connectivity index (χ4n) is 2.32. The number of hydroxylamine groups is 1. The Hall–Kier alpha value is -0.900. The fourth-order valence-corrected chi connectivity index (χ4v) is 2.32. The summed E-state index contributed by atoms with van der Waals surface area (Å²) in [7, 11) is 0. The van der Waals surface area contributed by atoms with Crippen LogP contribution in [0.1, 0.15) is 31.1 Å². The highest BCUT2D eigenvalue weighted by Crippen LogP contribution is 2.44. The van der Waals surface area contributed by atoms with Gasteiger partial charge in [-0.2, -0.15) is 5.48 Å². The summed E-state index contributed by atoms with van der Waals surface area (Å²) in [6.45, 7) is 4.02. The van der Waals surface area contributed by atoms with Gasteiger partial charge in [-0.05, 0) is 11.1 Å². The first kappa shape index (κ1) is 9.65. The molecule has 3 heteroatoms. The van der Waals surface area contributed by atoms with Gasteiger partial charge in [0.25, 0.3) is 0 Å². The van der Waals surface area contributed by atoms with Crippen molar-refractivity contribution in [3.05, 3.63) is 35.4 Å². The second kappa shape index (κ2) is 3.05. The quantitative estimate of drug-likeness (QED) is 0.590. The molecule has 1 aliphatic rings. The highest BCUT2D eigenvalue weighted by Gasteiger charge is 2.45. The van der Waals surface area contributed by atoms with Crippen molar-refractivity contribution in [2.45, 2.75) is 31.4 Å². The van der Waals surface area contributed by atoms with Crippen molar-refractivity contribution >= 4 is 0 Å². The largest absolute Gasteiger partial charge is 0.387 e. The van der Waals surface area contributed by atoms with E-state index in [0.29, 0.717) is 0 Å². The van der Waals surface area contributed by atoms with E-state index in [4.69, 9.17) is 5.21 Å². The smallest absolute Gasteiger partial charge is 0.0977 e. The maximum absolute atomic E-state index is 9.95. The van der Waals surface area contributed by atoms with Crippen LogP contribution in [0.15, 0.2) is 24.3 Å². The Morgan fingerprint density at radius 3 is 2.50 bits per heavy atom. The molecule has 76 valence electrons. The Bertz CT molecular complexity index is 349. The van der Waals surface area contributed by atoms with Gasteiger partial charge < -0.3 is 10.3 Å². The summed E-state index contributed by atoms with van der Waals surface area (Å²) in [6.07, 6.45) is -0.633. The van der Waals surface area contributed by atoms with E-state index in [-0.39, 0.29) is 11.5 Å². The van der Waals surface area contributed by atoms with Gasteiger partial charge >= 0.3 is 0 Å². The summed E-state index contributed by atoms with van der Waals surface area (Å²) >= 11 is 0. The van der Waals surface area contributed by atoms with Crippen LogP contribution in [0.2, 0.25) is 0 Å². The van der Waals surface area contributed by atoms with Gasteiger partial charge in [0.15, 0.2) is 0 Å². The summed E-state index contributed by atoms with van der Waals surface area (Å²) < 4.78 is 0. The minimum Gasteiger partial charge on any atom is -0.387 e. The first-order valence-corrected chi connectivity index (χ1v) is 4.76. The SMILES string of the molecule is CC1(C)c2ccccc2C(O)C1NO. The van der Waals surface area contributed by atoms with Crippen LogP contribution >= 0.6 is 0 Å². The molecule has 3 N–H and O–H groups in total. The van der Waals surface area contributed by atoms with Crippen molar-refractivity contribution < 1.29 is 10.3 Å². The average Bonchev–Trinajstić information content (AvgIpc) is 2.36. The van der Waals surface area contributed by atoms with E-state index in [0.717, 1.165) is 11.1 Å². The van der Waals surface area contributed by atoms with E-state index in [2.05, 4.69) is 5.48 Å². The molecule has 2 atom stereocenters. The molecule has 0 radical (unpaired) electrons. The zero-order chi connectivity index (χ0) is 10.3. The second-order valence-electron chi connectivity index (χ2n) is 4.36. The summed E-state index contributed by atoms with van der Waals surface area (Å²) in [4.78, 5) is 0. The Morgan fingerprint density at radius 2 is 1.93 bits per heavy atom. The van der Waals surface area contributed by atoms with E-state index in [9.17, 15) is 5.11 Å². The molecule has 1 aromatic rings. The topological polar surface area (TPSA) is 52.5 Å². The molecule has 2 unspecified atom stereocenters. The standard InChI is InChI=1S/C11H15NO2/c1-11(2)8-6-4-3-5-7(8)9(13)10(11)12-14/h3-6,9-10,12-14H,1-2H3. The number of aliphatic hydroxyl groups is 1. The van der Waals surface area contributed by atoms with Crippen molar-refractivity contribution in [2.24, 2.45) is 0 Å². The lowest BCUT2D eigenvalue weighted by Gasteiger charge is -2.28. The van der Waals surface area contributed by atoms with Gasteiger partial charge in [0.1, 0.15) is 0 Å². The number of hydrogen-bond donors (Lipinski definition) is 3. The molecule has 0 saturated carbocycles. The van der Waals surface area contributed by atoms with Crippen molar-refractivity contribution in [3.8, 4) is 0 Å². The maximum atomic E-state index is 9.95. The minimum absolute atomic E-state index is 0.245. The van der Waals surface area contributed by atoms with Gasteiger partial charge in [-0.1, -0.05) is 38.1 Å². The summed E-state index contributed by atoms with van der Waals surface area (Å²) in [5.41, 5.74) is 3.96. The molecule has 0 fully saturated rings. The maximum Gasteiger partial charge on any atom is 0.0977 e. The third kappa shape index (κ3) is 1.10. The summed E-state index contributed by atoms with van der Waals surface area (Å²) in [5, 5.41) is 19.0. The Morgan fingerprint density at radius 1 is 1.29 bits per heavy atom. The molecule has 2 rings (SSSR count). The lowest BCUT2D eigenvalue weighted by molar-refractivity contribution is 0.0224. The molecule has 1 aromatic carbocycles. The van der Waals surface area contributed by atoms with Crippen LogP contribution in [0.25, 0.3) is 0 Å². The van der Waals surface area contributed by atoms with Crippen LogP contribution in [-0.4, -0.2) is 16.4 Å². The van der Waals surface area contributed by atoms with Crippen LogP contribution in [0, 0.1) is 0 Å². The van der Waals surface area contributed by atoms with Crippen molar-refractivity contribution in [1.29, 1.82) is 0 Å². The number of fused-ring (bicyclic) bond motifs is 1. The zero-order valence-electron chi connectivity index (χ0n) is 8.36. The Kier molecular flexibility index (Phi) is 2.10. The molecule has 3 nitrogen and oxygen atoms in total. The number of rotatable bonds is 1. The van der Waals surface area contributed by atoms with E-state index < -0.39 is 6.10 Å². The monoisotopic (exact) mass is 193 g/mol. The van der Waals surface area contributed by atoms with Crippen molar-refractivity contribution in [3.63, 3.8) is 0 Å². The lowest BCUT2D eigenvalue weighted by atomic mass is 9.83. The third-order valence-corrected chi connectivity index (χ3v) is 3.21. The average molecular weight is 193 g/mol. The fraction of sp³-hybridized carbons (Fsp3) is 0.455. The van der Waals surface area contributed by atoms with Crippen LogP contribution in [0.4, 0.5) is 0 Å². The highest BCUT2D eigenvalue weighted by atomic mass is 16.5. The number of benzene rings is 1. The summed E-state index contributed by atoms with van der Waals surface area (Å²) in [6, 6.07) is 7.42. The van der Waals surface area contributed by atoms with E-state index >= 15 is 0 Å². The van der Waals surface area contributed by atoms with E-state index in [1.165, 1.54) is 0 Å². The molecule has 0 aliphatic heterocycles. The number of hydrogen-bond acceptors (Lipinski definition) is 3. The first-order chi connectivity index (χ1) is 6.59. The molecule has 0 bridgehead atoms. The molecule has 1 aliphatic carbocycles. The van der Waals surface area contributed by atoms with Gasteiger partial charge in [-0.15, -0.1) is 0 Å². The van der Waals surface area contributed by atoms with Crippen LogP contribution in [0.3, 0.4) is 0 Å². The van der Waals surface area contributed by atoms with Gasteiger partial charge in [0.2, 0.25) is 0 Å². The number of nitrogens with one attached hydrogen (secondary N) is 1. The van der Waals surface area contributed by atoms with E-state index in [1.54, 1.807) is 0 Å². The van der Waals surface area contributed by atoms with Gasteiger partial charge in [-0.3, -0.25) is 0 Å². The normalized spacial score (nSPS) is 28.9. The van der Waals surface area contributed by atoms with Gasteiger partial charge in [0.05, 0.1) is 12.1 Å². The first-order valence-electron chi connectivity index (χ1n) is 4.76. The predicted molar refractivity (Wildman–Crippen MR) is 53.1 cm³/mol. The lowest BCUT2D eigenvalue weighted by Crippen LogP contribution is -2.42. The molecule has 14 heavy (non-hydrogen) atoms. The van der Waals surface area contributed by atoms with Crippen LogP contribution in [-0.2, 0) is 5.41 Å². The second-order valence-corrected chi connectivity index (χ2v) is 4.36. The van der Waals surface area contributed by atoms with Gasteiger partial charge in [-0.25, -0.2) is 0 Å². The molecule has 0 aromatic heterocycles. The predicted octanol–water partition coefficient (Wildman–Crippen LogP) is 1.36. The molecule has 0 saturated heterocycles. The Labute approximate surface area is 83.3 Å². The van der Waals surface area contributed by atoms with Crippen LogP contribution in [0.5, 0.6) is 0 Å². The third-order valence-electron chi connectivity index (χ3n) is 3.21. The van der Waals surface area contributed by atoms with Crippen molar-refractivity contribution in [1.82, 2.24) is 5.48 Å². The number of aliphatic hydroxyl groups excluding tert-OH is 1.